The van der Waals surface area contributed by atoms with E-state index in [0.717, 1.165) is 10.4 Å². The monoisotopic (exact) mass is 303 g/mol. The van der Waals surface area contributed by atoms with Gasteiger partial charge in [0.25, 0.3) is 5.91 Å². The molecule has 108 valence electrons. The second-order valence-electron chi connectivity index (χ2n) is 4.46. The molecule has 0 spiro atoms. The lowest BCUT2D eigenvalue weighted by molar-refractivity contribution is 0.103. The zero-order valence-electron chi connectivity index (χ0n) is 11.7. The predicted octanol–water partition coefficient (Wildman–Crippen LogP) is 3.10. The molecule has 1 aromatic heterocycles. The molecule has 1 aromatic carbocycles. The maximum absolute atomic E-state index is 13.8. The zero-order valence-corrected chi connectivity index (χ0v) is 12.5. The van der Waals surface area contributed by atoms with Crippen molar-refractivity contribution in [2.75, 3.05) is 11.9 Å². The van der Waals surface area contributed by atoms with E-state index < -0.39 is 5.82 Å². The van der Waals surface area contributed by atoms with E-state index in [-0.39, 0.29) is 18.1 Å². The highest BCUT2D eigenvalue weighted by molar-refractivity contribution is 7.14. The van der Waals surface area contributed by atoms with Crippen LogP contribution >= 0.6 is 11.3 Å². The molecule has 0 unspecified atom stereocenters. The van der Waals surface area contributed by atoms with Crippen molar-refractivity contribution >= 4 is 22.9 Å². The van der Waals surface area contributed by atoms with E-state index >= 15 is 0 Å². The van der Waals surface area contributed by atoms with Gasteiger partial charge in [-0.2, -0.15) is 0 Å². The van der Waals surface area contributed by atoms with Crippen molar-refractivity contribution in [1.82, 2.24) is 0 Å². The van der Waals surface area contributed by atoms with Crippen molar-refractivity contribution in [3.8, 4) is 11.8 Å². The Kier molecular flexibility index (Phi) is 4.73. The van der Waals surface area contributed by atoms with Gasteiger partial charge in [0, 0.05) is 10.6 Å². The van der Waals surface area contributed by atoms with Crippen LogP contribution in [0.3, 0.4) is 0 Å². The summed E-state index contributed by atoms with van der Waals surface area (Å²) in [6.45, 7) is 3.57. The summed E-state index contributed by atoms with van der Waals surface area (Å²) >= 11 is 1.40. The summed E-state index contributed by atoms with van der Waals surface area (Å²) in [6, 6.07) is 6.08. The minimum Gasteiger partial charge on any atom is -0.384 e. The fraction of sp³-hybridized carbons (Fsp3) is 0.188. The number of aliphatic hydroxyl groups is 1. The van der Waals surface area contributed by atoms with Crippen LogP contribution in [-0.2, 0) is 0 Å². The summed E-state index contributed by atoms with van der Waals surface area (Å²) in [5.74, 6) is 4.09. The highest BCUT2D eigenvalue weighted by atomic mass is 32.1. The van der Waals surface area contributed by atoms with Gasteiger partial charge in [-0.3, -0.25) is 4.79 Å². The summed E-state index contributed by atoms with van der Waals surface area (Å²) in [4.78, 5) is 13.7. The molecule has 2 aromatic rings. The Hall–Kier alpha value is -2.16. The second kappa shape index (κ2) is 6.53. The summed E-state index contributed by atoms with van der Waals surface area (Å²) in [5.41, 5.74) is 1.62. The van der Waals surface area contributed by atoms with E-state index in [9.17, 15) is 9.18 Å². The number of amides is 1. The lowest BCUT2D eigenvalue weighted by Gasteiger charge is -2.04. The Balaban J connectivity index is 2.16. The molecule has 0 saturated carbocycles. The third-order valence-corrected chi connectivity index (χ3v) is 4.07. The summed E-state index contributed by atoms with van der Waals surface area (Å²) in [6.07, 6.45) is 0. The number of anilines is 1. The van der Waals surface area contributed by atoms with E-state index in [1.807, 2.05) is 19.9 Å². The number of aryl methyl sites for hydroxylation is 2. The summed E-state index contributed by atoms with van der Waals surface area (Å²) in [7, 11) is 0. The average Bonchev–Trinajstić information content (AvgIpc) is 2.78. The predicted molar refractivity (Wildman–Crippen MR) is 82.1 cm³/mol. The van der Waals surface area contributed by atoms with Gasteiger partial charge in [-0.1, -0.05) is 11.8 Å². The van der Waals surface area contributed by atoms with Crippen LogP contribution in [0.1, 0.15) is 25.7 Å². The molecule has 1 heterocycles. The van der Waals surface area contributed by atoms with Crippen LogP contribution in [0.5, 0.6) is 0 Å². The largest absolute Gasteiger partial charge is 0.384 e. The molecule has 0 bridgehead atoms. The number of hydrogen-bond donors (Lipinski definition) is 2. The first kappa shape index (κ1) is 15.2. The van der Waals surface area contributed by atoms with Crippen molar-refractivity contribution in [2.24, 2.45) is 0 Å². The Morgan fingerprint density at radius 1 is 1.38 bits per heavy atom. The number of hydrogen-bond acceptors (Lipinski definition) is 3. The lowest BCUT2D eigenvalue weighted by atomic mass is 10.2. The van der Waals surface area contributed by atoms with Gasteiger partial charge in [0.2, 0.25) is 0 Å². The Labute approximate surface area is 126 Å². The molecule has 0 fully saturated rings. The number of carbonyl (C=O) groups excluding carboxylic acids is 1. The van der Waals surface area contributed by atoms with Gasteiger partial charge in [-0.15, -0.1) is 11.3 Å². The minimum absolute atomic E-state index is 0.185. The summed E-state index contributed by atoms with van der Waals surface area (Å²) < 4.78 is 13.8. The molecule has 0 saturated heterocycles. The van der Waals surface area contributed by atoms with Crippen LogP contribution in [0, 0.1) is 31.5 Å². The van der Waals surface area contributed by atoms with Crippen molar-refractivity contribution < 1.29 is 14.3 Å². The number of thiophene rings is 1. The van der Waals surface area contributed by atoms with Crippen LogP contribution in [0.25, 0.3) is 0 Å². The fourth-order valence-electron chi connectivity index (χ4n) is 1.71. The first-order chi connectivity index (χ1) is 10.0. The first-order valence-corrected chi connectivity index (χ1v) is 7.10. The SMILES string of the molecule is Cc1cc(C(=O)Nc2ccc(C#CCO)c(F)c2)sc1C. The number of halogens is 1. The Bertz CT molecular complexity index is 721. The number of rotatable bonds is 2. The van der Waals surface area contributed by atoms with E-state index in [0.29, 0.717) is 10.6 Å². The molecule has 0 radical (unpaired) electrons. The third kappa shape index (κ3) is 3.69. The van der Waals surface area contributed by atoms with Gasteiger partial charge in [-0.05, 0) is 43.7 Å². The highest BCUT2D eigenvalue weighted by Gasteiger charge is 2.11. The zero-order chi connectivity index (χ0) is 15.4. The maximum Gasteiger partial charge on any atom is 0.265 e. The number of nitrogens with one attached hydrogen (secondary N) is 1. The van der Waals surface area contributed by atoms with Gasteiger partial charge in [0.05, 0.1) is 10.4 Å². The lowest BCUT2D eigenvalue weighted by Crippen LogP contribution is -2.10. The van der Waals surface area contributed by atoms with Gasteiger partial charge >= 0.3 is 0 Å². The van der Waals surface area contributed by atoms with Crippen LogP contribution in [0.4, 0.5) is 10.1 Å². The van der Waals surface area contributed by atoms with Crippen molar-refractivity contribution in [2.45, 2.75) is 13.8 Å². The minimum atomic E-state index is -0.535. The Morgan fingerprint density at radius 2 is 2.14 bits per heavy atom. The molecule has 0 atom stereocenters. The van der Waals surface area contributed by atoms with Crippen LogP contribution < -0.4 is 5.32 Å². The van der Waals surface area contributed by atoms with Gasteiger partial charge in [0.15, 0.2) is 0 Å². The van der Waals surface area contributed by atoms with Gasteiger partial charge < -0.3 is 10.4 Å². The van der Waals surface area contributed by atoms with E-state index in [1.54, 1.807) is 6.07 Å². The molecule has 0 aliphatic carbocycles. The van der Waals surface area contributed by atoms with Crippen LogP contribution in [0.15, 0.2) is 24.3 Å². The fourth-order valence-corrected chi connectivity index (χ4v) is 2.64. The first-order valence-electron chi connectivity index (χ1n) is 6.29. The van der Waals surface area contributed by atoms with Crippen LogP contribution in [-0.4, -0.2) is 17.6 Å². The molecule has 2 N–H and O–H groups in total. The molecule has 0 aliphatic heterocycles. The second-order valence-corrected chi connectivity index (χ2v) is 5.71. The molecule has 21 heavy (non-hydrogen) atoms. The normalized spacial score (nSPS) is 9.90. The van der Waals surface area contributed by atoms with Crippen molar-refractivity contribution in [3.05, 3.63) is 51.0 Å². The standard InChI is InChI=1S/C16H14FNO2S/c1-10-8-15(21-11(10)2)16(20)18-13-6-5-12(4-3-7-19)14(17)9-13/h5-6,8-9,19H,7H2,1-2H3,(H,18,20). The molecule has 1 amide bonds. The van der Waals surface area contributed by atoms with E-state index in [2.05, 4.69) is 17.2 Å². The van der Waals surface area contributed by atoms with Crippen molar-refractivity contribution in [3.63, 3.8) is 0 Å². The molecule has 3 nitrogen and oxygen atoms in total. The topological polar surface area (TPSA) is 49.3 Å². The third-order valence-electron chi connectivity index (χ3n) is 2.92. The summed E-state index contributed by atoms with van der Waals surface area (Å²) in [5, 5.41) is 11.2. The molecular formula is C16H14FNO2S. The quantitative estimate of drug-likeness (QED) is 0.838. The highest BCUT2D eigenvalue weighted by Crippen LogP contribution is 2.22. The number of carbonyl (C=O) groups is 1. The Morgan fingerprint density at radius 3 is 2.71 bits per heavy atom. The van der Waals surface area contributed by atoms with Gasteiger partial charge in [0.1, 0.15) is 12.4 Å². The smallest absolute Gasteiger partial charge is 0.265 e. The van der Waals surface area contributed by atoms with E-state index in [1.165, 1.54) is 23.5 Å². The molecule has 0 aliphatic rings. The van der Waals surface area contributed by atoms with Gasteiger partial charge in [-0.25, -0.2) is 4.39 Å². The average molecular weight is 303 g/mol. The van der Waals surface area contributed by atoms with Crippen molar-refractivity contribution in [1.29, 1.82) is 0 Å². The number of aliphatic hydroxyl groups excluding tert-OH is 1. The maximum atomic E-state index is 13.8. The number of benzene rings is 1. The van der Waals surface area contributed by atoms with E-state index in [4.69, 9.17) is 5.11 Å². The molecular weight excluding hydrogens is 289 g/mol. The molecule has 2 rings (SSSR count). The van der Waals surface area contributed by atoms with Crippen LogP contribution in [0.2, 0.25) is 0 Å². The molecule has 5 heteroatoms.